The molecule has 0 spiro atoms. The third-order valence-electron chi connectivity index (χ3n) is 31.7. The summed E-state index contributed by atoms with van der Waals surface area (Å²) in [6, 6.07) is 188. The van der Waals surface area contributed by atoms with Crippen molar-refractivity contribution in [1.29, 1.82) is 0 Å². The van der Waals surface area contributed by atoms with E-state index in [1.54, 1.807) is 0 Å². The summed E-state index contributed by atoms with van der Waals surface area (Å²) >= 11 is 0. The number of hydrogen-bond acceptors (Lipinski definition) is 3. The predicted molar refractivity (Wildman–Crippen MR) is 598 cm³/mol. The molecule has 3 heteroatoms. The third-order valence-corrected chi connectivity index (χ3v) is 31.7. The standard InChI is InChI=1S/C52H34O.C47H30O.C42H30O/c1-3-15-39(16-4-1)52(40-17-5-2-6-18-40)45-22-12-11-21-43(45)44-30-27-38(33-46(44)52)34-23-25-37(26-24-34)49-50-41-19-9-7-13-35(41)28-31-47(50)53-48-32-29-36-14-8-10-20-42(36)51(48)49;1-2-14-32(15-3-1)43-39-20-10-8-18-37(39)38-19-9-11-21-40(38)44(43)33-22-24-34(25-23-33)45-46-35-16-6-4-12-30(35)26-28-41(46)48-42-29-27-31-13-5-7-17-36(31)47(42)45;1-42(2)35-14-8-7-13-33(35)34-22-19-30(25-36(34)42)26-15-17-29(18-16-26)39-40-31-11-5-3-9-27(31)20-23-37(40)43-38-24-21-28-10-4-6-12-32(28)41(38)39/h1-33,49H;1-29,45H;3-25,39H,1-2H3. The third kappa shape index (κ3) is 13.4. The lowest BCUT2D eigenvalue weighted by Gasteiger charge is -2.34. The van der Waals surface area contributed by atoms with E-state index in [2.05, 4.69) is 529 Å². The average molecular weight is 1840 g/mol. The summed E-state index contributed by atoms with van der Waals surface area (Å²) in [5, 5.41) is 19.9. The second-order valence-electron chi connectivity index (χ2n) is 39.6. The summed E-state index contributed by atoms with van der Waals surface area (Å²) in [6.07, 6.45) is 0. The fourth-order valence-corrected chi connectivity index (χ4v) is 25.2. The Balaban J connectivity index is 0.000000106. The van der Waals surface area contributed by atoms with Gasteiger partial charge in [0.15, 0.2) is 0 Å². The Morgan fingerprint density at radius 2 is 0.410 bits per heavy atom. The van der Waals surface area contributed by atoms with Crippen LogP contribution in [0.5, 0.6) is 34.5 Å². The van der Waals surface area contributed by atoms with Crippen LogP contribution in [0, 0.1) is 0 Å². The molecule has 30 rings (SSSR count). The highest BCUT2D eigenvalue weighted by Gasteiger charge is 2.47. The second-order valence-corrected chi connectivity index (χ2v) is 39.6. The van der Waals surface area contributed by atoms with E-state index in [9.17, 15) is 0 Å². The minimum Gasteiger partial charge on any atom is -0.457 e. The van der Waals surface area contributed by atoms with Gasteiger partial charge in [-0.05, 0) is 252 Å². The smallest absolute Gasteiger partial charge is 0.132 e. The van der Waals surface area contributed by atoms with Crippen LogP contribution >= 0.6 is 0 Å². The van der Waals surface area contributed by atoms with Gasteiger partial charge in [0.25, 0.3) is 0 Å². The molecule has 0 aromatic heterocycles. The zero-order valence-electron chi connectivity index (χ0n) is 79.5. The van der Waals surface area contributed by atoms with Crippen molar-refractivity contribution in [2.45, 2.75) is 42.4 Å². The van der Waals surface area contributed by atoms with Crippen molar-refractivity contribution in [3.8, 4) is 101 Å². The lowest BCUT2D eigenvalue weighted by Crippen LogP contribution is -2.28. The molecule has 0 bridgehead atoms. The van der Waals surface area contributed by atoms with Crippen LogP contribution in [-0.2, 0) is 10.8 Å². The van der Waals surface area contributed by atoms with Crippen LogP contribution in [0.1, 0.15) is 115 Å². The molecule has 3 aliphatic heterocycles. The van der Waals surface area contributed by atoms with Crippen molar-refractivity contribution in [1.82, 2.24) is 0 Å². The van der Waals surface area contributed by atoms with Gasteiger partial charge in [-0.3, -0.25) is 0 Å². The highest BCUT2D eigenvalue weighted by Crippen LogP contribution is 2.61. The number of benzene rings is 25. The first-order valence-corrected chi connectivity index (χ1v) is 50.2. The fraction of sp³-hybridized carbons (Fsp3) is 0.0496. The molecule has 0 radical (unpaired) electrons. The Labute approximate surface area is 837 Å². The Morgan fingerprint density at radius 1 is 0.167 bits per heavy atom. The molecule has 144 heavy (non-hydrogen) atoms. The van der Waals surface area contributed by atoms with Gasteiger partial charge in [-0.15, -0.1) is 0 Å². The van der Waals surface area contributed by atoms with Crippen molar-refractivity contribution in [2.75, 3.05) is 0 Å². The van der Waals surface area contributed by atoms with E-state index in [0.717, 1.165) is 34.5 Å². The maximum absolute atomic E-state index is 6.70. The van der Waals surface area contributed by atoms with Crippen LogP contribution in [0.2, 0.25) is 0 Å². The largest absolute Gasteiger partial charge is 0.457 e. The van der Waals surface area contributed by atoms with Gasteiger partial charge in [-0.2, -0.15) is 0 Å². The highest BCUT2D eigenvalue weighted by molar-refractivity contribution is 6.22. The Bertz CT molecular complexity index is 9210. The van der Waals surface area contributed by atoms with Gasteiger partial charge >= 0.3 is 0 Å². The SMILES string of the molecule is CC1(C)c2ccccc2-c2ccc(-c3ccc(C4c5c(ccc6ccccc56)Oc5ccc6ccccc6c54)cc3)cc21.c1ccc(-c2c(-c3ccc(C4c5c(ccc6ccccc56)Oc5ccc6ccccc6c54)cc3)c3ccccc3c3ccccc23)cc1.c1ccc(C2(c3ccccc3)c3ccccc3-c3ccc(-c4ccc(C5c6c(ccc7ccccc67)Oc6ccc7ccccc7c65)cc4)cc32)cc1. The topological polar surface area (TPSA) is 27.7 Å². The van der Waals surface area contributed by atoms with Gasteiger partial charge in [0, 0.05) is 56.5 Å². The van der Waals surface area contributed by atoms with Crippen LogP contribution in [0.4, 0.5) is 0 Å². The first-order valence-electron chi connectivity index (χ1n) is 50.2. The maximum atomic E-state index is 6.70. The van der Waals surface area contributed by atoms with Gasteiger partial charge < -0.3 is 14.2 Å². The maximum Gasteiger partial charge on any atom is 0.132 e. The van der Waals surface area contributed by atoms with E-state index in [0.29, 0.717) is 0 Å². The minimum atomic E-state index is -0.429. The fourth-order valence-electron chi connectivity index (χ4n) is 25.2. The van der Waals surface area contributed by atoms with Crippen LogP contribution in [0.25, 0.3) is 153 Å². The van der Waals surface area contributed by atoms with Gasteiger partial charge in [-0.25, -0.2) is 0 Å². The van der Waals surface area contributed by atoms with E-state index in [1.165, 1.54) is 236 Å². The van der Waals surface area contributed by atoms with E-state index in [-0.39, 0.29) is 23.2 Å². The molecule has 0 fully saturated rings. The monoisotopic (exact) mass is 1830 g/mol. The summed E-state index contributed by atoms with van der Waals surface area (Å²) in [7, 11) is 0. The molecule has 0 atom stereocenters. The zero-order valence-corrected chi connectivity index (χ0v) is 79.5. The molecule has 0 saturated heterocycles. The molecular formula is C141H94O3. The molecule has 25 aromatic carbocycles. The van der Waals surface area contributed by atoms with E-state index >= 15 is 0 Å². The number of ether oxygens (including phenoxy) is 3. The zero-order chi connectivity index (χ0) is 95.2. The molecule has 0 amide bonds. The average Bonchev–Trinajstić information content (AvgIpc) is 1.39. The number of fused-ring (bicyclic) bond motifs is 27. The lowest BCUT2D eigenvalue weighted by atomic mass is 9.67. The normalized spacial score (nSPS) is 13.7. The van der Waals surface area contributed by atoms with Gasteiger partial charge in [0.2, 0.25) is 0 Å². The molecule has 676 valence electrons. The highest BCUT2D eigenvalue weighted by atomic mass is 16.5. The summed E-state index contributed by atoms with van der Waals surface area (Å²) in [4.78, 5) is 0. The molecule has 0 saturated carbocycles. The van der Waals surface area contributed by atoms with Crippen molar-refractivity contribution in [3.05, 3.63) is 599 Å². The van der Waals surface area contributed by atoms with Crippen LogP contribution in [-0.4, -0.2) is 0 Å². The molecule has 0 unspecified atom stereocenters. The molecule has 2 aliphatic carbocycles. The van der Waals surface area contributed by atoms with Crippen LogP contribution in [0.3, 0.4) is 0 Å². The molecule has 0 N–H and O–H groups in total. The van der Waals surface area contributed by atoms with Crippen molar-refractivity contribution in [2.24, 2.45) is 0 Å². The van der Waals surface area contributed by atoms with Crippen molar-refractivity contribution < 1.29 is 14.2 Å². The quantitative estimate of drug-likeness (QED) is 0.135. The van der Waals surface area contributed by atoms with Crippen molar-refractivity contribution in [3.63, 3.8) is 0 Å². The number of rotatable bonds is 9. The van der Waals surface area contributed by atoms with Crippen LogP contribution < -0.4 is 14.2 Å². The van der Waals surface area contributed by atoms with E-state index < -0.39 is 5.41 Å². The van der Waals surface area contributed by atoms with Crippen LogP contribution in [0.15, 0.2) is 516 Å². The summed E-state index contributed by atoms with van der Waals surface area (Å²) in [5.41, 5.74) is 34.0. The first kappa shape index (κ1) is 84.1. The van der Waals surface area contributed by atoms with Gasteiger partial charge in [0.1, 0.15) is 34.5 Å². The van der Waals surface area contributed by atoms with E-state index in [1.807, 2.05) is 0 Å². The lowest BCUT2D eigenvalue weighted by molar-refractivity contribution is 0.456. The second kappa shape index (κ2) is 33.9. The molecule has 3 nitrogen and oxygen atoms in total. The van der Waals surface area contributed by atoms with Crippen molar-refractivity contribution >= 4 is 86.2 Å². The van der Waals surface area contributed by atoms with E-state index in [4.69, 9.17) is 14.2 Å². The van der Waals surface area contributed by atoms with Gasteiger partial charge in [-0.1, -0.05) is 481 Å². The summed E-state index contributed by atoms with van der Waals surface area (Å²) in [6.45, 7) is 4.69. The Kier molecular flexibility index (Phi) is 19.8. The first-order chi connectivity index (χ1) is 71.2. The Morgan fingerprint density at radius 3 is 0.757 bits per heavy atom. The molecule has 5 aliphatic rings. The summed E-state index contributed by atoms with van der Waals surface area (Å²) < 4.78 is 20.0. The Hall–Kier alpha value is -18.0. The molecule has 3 heterocycles. The molecular weight excluding hydrogens is 1740 g/mol. The number of hydrogen-bond donors (Lipinski definition) is 0. The minimum absolute atomic E-state index is 0.0111. The summed E-state index contributed by atoms with van der Waals surface area (Å²) in [5.74, 6) is 5.67. The molecule has 25 aromatic rings. The predicted octanol–water partition coefficient (Wildman–Crippen LogP) is 37.5. The van der Waals surface area contributed by atoms with Gasteiger partial charge in [0.05, 0.1) is 5.41 Å².